The third kappa shape index (κ3) is 11.7. The van der Waals surface area contributed by atoms with E-state index in [1.807, 2.05) is 24.3 Å². The summed E-state index contributed by atoms with van der Waals surface area (Å²) in [6.07, 6.45) is -2.30. The van der Waals surface area contributed by atoms with Crippen LogP contribution in [-0.4, -0.2) is 111 Å². The molecule has 0 aliphatic carbocycles. The van der Waals surface area contributed by atoms with E-state index in [-0.39, 0.29) is 32.2 Å². The van der Waals surface area contributed by atoms with Gasteiger partial charge in [-0.15, -0.1) is 0 Å². The molecule has 2 heterocycles. The number of amides is 5. The fraction of sp³-hybridized carbons (Fsp3) is 0.432. The van der Waals surface area contributed by atoms with Crippen molar-refractivity contribution in [1.29, 1.82) is 0 Å². The second-order valence-corrected chi connectivity index (χ2v) is 15.4. The van der Waals surface area contributed by atoms with E-state index < -0.39 is 83.8 Å². The first-order chi connectivity index (χ1) is 28.2. The summed E-state index contributed by atoms with van der Waals surface area (Å²) in [4.78, 5) is 96.9. The highest BCUT2D eigenvalue weighted by Crippen LogP contribution is 2.26. The molecule has 0 bridgehead atoms. The molecule has 1 saturated heterocycles. The largest absolute Gasteiger partial charge is 0.480 e. The summed E-state index contributed by atoms with van der Waals surface area (Å²) in [6.45, 7) is 5.63. The summed E-state index contributed by atoms with van der Waals surface area (Å²) in [5, 5.41) is 28.1. The molecule has 2 aliphatic rings. The molecule has 15 nitrogen and oxygen atoms in total. The number of nitrogens with one attached hydrogen (secondary N) is 3. The van der Waals surface area contributed by atoms with Gasteiger partial charge in [0.2, 0.25) is 23.5 Å². The van der Waals surface area contributed by atoms with Crippen LogP contribution in [0, 0.1) is 5.92 Å². The normalized spacial score (nSPS) is 18.1. The summed E-state index contributed by atoms with van der Waals surface area (Å²) >= 11 is 0. The first kappa shape index (κ1) is 44.0. The van der Waals surface area contributed by atoms with E-state index in [1.54, 1.807) is 86.3 Å². The Bertz CT molecular complexity index is 1980. The molecule has 0 spiro atoms. The minimum atomic E-state index is -1.48. The van der Waals surface area contributed by atoms with Crippen molar-refractivity contribution in [2.45, 2.75) is 102 Å². The highest BCUT2D eigenvalue weighted by molar-refractivity contribution is 6.38. The molecule has 3 unspecified atom stereocenters. The Hall–Kier alpha value is -6.09. The number of hydrogen-bond acceptors (Lipinski definition) is 9. The number of carbonyl (C=O) groups excluding carboxylic acids is 6. The molecule has 5 N–H and O–H groups in total. The molecule has 6 atom stereocenters. The minimum Gasteiger partial charge on any atom is -0.480 e. The Morgan fingerprint density at radius 1 is 0.797 bits per heavy atom. The zero-order chi connectivity index (χ0) is 42.6. The monoisotopic (exact) mass is 811 g/mol. The number of rotatable bonds is 17. The topological polar surface area (TPSA) is 212 Å². The van der Waals surface area contributed by atoms with Gasteiger partial charge < -0.3 is 40.7 Å². The number of Topliss-reactive ketones (excluding diaryl/α,β-unsaturated/α-hetero) is 1. The molecule has 3 aromatic carbocycles. The zero-order valence-electron chi connectivity index (χ0n) is 33.5. The molecule has 5 rings (SSSR count). The van der Waals surface area contributed by atoms with Crippen LogP contribution in [0.1, 0.15) is 62.3 Å². The SMILES string of the molecule is CCCC(NC(=O)[C@@H]1C[C@@H](OC(=O)N2CCc3ccccc3C2)CN1C(=O)C(NC(=O)C(O)Cc1ccccc1)C(C)C)C(=O)C(=O)N[C@@H](Cc1ccccc1)C(=O)O. The van der Waals surface area contributed by atoms with Gasteiger partial charge in [-0.2, -0.15) is 0 Å². The van der Waals surface area contributed by atoms with Crippen molar-refractivity contribution in [2.24, 2.45) is 5.92 Å². The zero-order valence-corrected chi connectivity index (χ0v) is 33.5. The molecule has 59 heavy (non-hydrogen) atoms. The van der Waals surface area contributed by atoms with Crippen LogP contribution in [0.25, 0.3) is 0 Å². The van der Waals surface area contributed by atoms with Crippen molar-refractivity contribution in [3.05, 3.63) is 107 Å². The minimum absolute atomic E-state index is 0.000680. The number of ketones is 1. The molecule has 5 amide bonds. The van der Waals surface area contributed by atoms with E-state index in [4.69, 9.17) is 4.74 Å². The Morgan fingerprint density at radius 3 is 2.02 bits per heavy atom. The first-order valence-corrected chi connectivity index (χ1v) is 20.0. The summed E-state index contributed by atoms with van der Waals surface area (Å²) in [6, 6.07) is 19.9. The van der Waals surface area contributed by atoms with Crippen molar-refractivity contribution in [1.82, 2.24) is 25.8 Å². The third-order valence-corrected chi connectivity index (χ3v) is 10.6. The number of aliphatic hydroxyl groups is 1. The second kappa shape index (κ2) is 20.6. The molecule has 3 aromatic rings. The smallest absolute Gasteiger partial charge is 0.410 e. The lowest BCUT2D eigenvalue weighted by molar-refractivity contribution is -0.146. The number of carboxylic acids is 1. The number of fused-ring (bicyclic) bond motifs is 1. The maximum atomic E-state index is 14.4. The van der Waals surface area contributed by atoms with Crippen molar-refractivity contribution in [3.8, 4) is 0 Å². The van der Waals surface area contributed by atoms with E-state index in [0.717, 1.165) is 11.1 Å². The van der Waals surface area contributed by atoms with Gasteiger partial charge in [0, 0.05) is 32.4 Å². The molecule has 0 saturated carbocycles. The number of ether oxygens (including phenoxy) is 1. The third-order valence-electron chi connectivity index (χ3n) is 10.6. The number of aliphatic hydroxyl groups excluding tert-OH is 1. The fourth-order valence-corrected chi connectivity index (χ4v) is 7.38. The number of likely N-dealkylation sites (tertiary alicyclic amines) is 1. The van der Waals surface area contributed by atoms with Crippen LogP contribution in [0.3, 0.4) is 0 Å². The molecule has 0 radical (unpaired) electrons. The summed E-state index contributed by atoms with van der Waals surface area (Å²) in [5.41, 5.74) is 3.44. The number of carbonyl (C=O) groups is 7. The molecule has 314 valence electrons. The van der Waals surface area contributed by atoms with Gasteiger partial charge in [0.05, 0.1) is 12.6 Å². The van der Waals surface area contributed by atoms with Crippen LogP contribution in [-0.2, 0) is 59.3 Å². The number of hydrogen-bond donors (Lipinski definition) is 5. The molecule has 15 heteroatoms. The van der Waals surface area contributed by atoms with Crippen LogP contribution in [0.5, 0.6) is 0 Å². The number of carboxylic acid groups (broad SMARTS) is 1. The Balaban J connectivity index is 1.33. The van der Waals surface area contributed by atoms with Gasteiger partial charge >= 0.3 is 12.1 Å². The van der Waals surface area contributed by atoms with Crippen molar-refractivity contribution in [3.63, 3.8) is 0 Å². The van der Waals surface area contributed by atoms with Gasteiger partial charge in [0.25, 0.3) is 5.91 Å². The van der Waals surface area contributed by atoms with Crippen molar-refractivity contribution >= 4 is 41.5 Å². The summed E-state index contributed by atoms with van der Waals surface area (Å²) in [5.74, 6) is -6.39. The van der Waals surface area contributed by atoms with Gasteiger partial charge in [-0.3, -0.25) is 24.0 Å². The maximum absolute atomic E-state index is 14.4. The van der Waals surface area contributed by atoms with E-state index >= 15 is 0 Å². The molecular weight excluding hydrogens is 759 g/mol. The van der Waals surface area contributed by atoms with Gasteiger partial charge in [0.15, 0.2) is 0 Å². The number of nitrogens with zero attached hydrogens (tertiary/aromatic N) is 2. The maximum Gasteiger partial charge on any atom is 0.410 e. The van der Waals surface area contributed by atoms with Crippen LogP contribution >= 0.6 is 0 Å². The lowest BCUT2D eigenvalue weighted by Crippen LogP contribution is -2.58. The highest BCUT2D eigenvalue weighted by atomic mass is 16.6. The highest BCUT2D eigenvalue weighted by Gasteiger charge is 2.46. The molecule has 0 aromatic heterocycles. The lowest BCUT2D eigenvalue weighted by Gasteiger charge is -2.31. The van der Waals surface area contributed by atoms with E-state index in [1.165, 1.54) is 4.90 Å². The van der Waals surface area contributed by atoms with Crippen molar-refractivity contribution < 1.29 is 48.5 Å². The van der Waals surface area contributed by atoms with E-state index in [2.05, 4.69) is 16.0 Å². The van der Waals surface area contributed by atoms with Gasteiger partial charge in [0.1, 0.15) is 30.3 Å². The molecule has 1 fully saturated rings. The quantitative estimate of drug-likeness (QED) is 0.126. The van der Waals surface area contributed by atoms with Gasteiger partial charge in [-0.1, -0.05) is 112 Å². The predicted octanol–water partition coefficient (Wildman–Crippen LogP) is 2.56. The predicted molar refractivity (Wildman–Crippen MR) is 215 cm³/mol. The van der Waals surface area contributed by atoms with Gasteiger partial charge in [-0.25, -0.2) is 9.59 Å². The Labute approximate surface area is 343 Å². The molecular formula is C44H53N5O10. The Kier molecular flexibility index (Phi) is 15.3. The van der Waals surface area contributed by atoms with Crippen LogP contribution in [0.2, 0.25) is 0 Å². The first-order valence-electron chi connectivity index (χ1n) is 20.0. The average Bonchev–Trinajstić information content (AvgIpc) is 3.66. The lowest BCUT2D eigenvalue weighted by atomic mass is 10.0. The fourth-order valence-electron chi connectivity index (χ4n) is 7.38. The molecule has 2 aliphatic heterocycles. The second-order valence-electron chi connectivity index (χ2n) is 15.4. The summed E-state index contributed by atoms with van der Waals surface area (Å²) < 4.78 is 5.90. The van der Waals surface area contributed by atoms with Crippen LogP contribution < -0.4 is 16.0 Å². The van der Waals surface area contributed by atoms with E-state index in [0.29, 0.717) is 37.1 Å². The summed E-state index contributed by atoms with van der Waals surface area (Å²) in [7, 11) is 0. The van der Waals surface area contributed by atoms with Gasteiger partial charge in [-0.05, 0) is 41.0 Å². The number of aliphatic carboxylic acids is 1. The van der Waals surface area contributed by atoms with Crippen LogP contribution in [0.15, 0.2) is 84.9 Å². The standard InChI is InChI=1S/C44H53N5O10/c1-4-13-33(38(51)41(54)46-34(43(56)57)22-28-14-7-5-8-15-28)45-39(52)35-24-32(59-44(58)48-21-20-30-18-11-12-19-31(30)25-48)26-49(35)42(55)37(27(2)3)47-40(53)36(50)23-29-16-9-6-10-17-29/h5-12,14-19,27,32-37,50H,4,13,20-26H2,1-3H3,(H,45,52)(H,46,54)(H,47,53)(H,56,57)/t32-,33?,34+,35+,36?,37?/m1/s1. The van der Waals surface area contributed by atoms with Crippen LogP contribution in [0.4, 0.5) is 4.79 Å². The van der Waals surface area contributed by atoms with E-state index in [9.17, 15) is 43.8 Å². The number of benzene rings is 3. The van der Waals surface area contributed by atoms with Crippen molar-refractivity contribution in [2.75, 3.05) is 13.1 Å². The Morgan fingerprint density at radius 2 is 1.41 bits per heavy atom. The average molecular weight is 812 g/mol.